The molecule has 1 saturated carbocycles. The zero-order valence-electron chi connectivity index (χ0n) is 16.7. The number of amides is 2. The number of nitrogens with zero attached hydrogens (tertiary/aromatic N) is 3. The third-order valence-electron chi connectivity index (χ3n) is 6.25. The second-order valence-corrected chi connectivity index (χ2v) is 8.04. The Labute approximate surface area is 176 Å². The number of benzene rings is 1. The highest BCUT2D eigenvalue weighted by Crippen LogP contribution is 2.45. The standard InChI is InChI=1S/C21H21FN4O5/c22-13-3-2-12(14(10-13)25-7-4-15(25)27)11-23-18(29)16-17(28)19(30)26-8-9-31-21(5-1-6-21)20(26)24-16/h2-3,10,28H,1,4-9,11H2,(H,23,29). The SMILES string of the molecule is O=C(NCc1ccc(F)cc1N1CCC1=O)c1nc2n(c(=O)c1O)CCOC21CCC1. The van der Waals surface area contributed by atoms with Crippen molar-refractivity contribution >= 4 is 17.5 Å². The molecule has 1 saturated heterocycles. The highest BCUT2D eigenvalue weighted by molar-refractivity contribution is 6.00. The van der Waals surface area contributed by atoms with E-state index in [9.17, 15) is 23.9 Å². The Hall–Kier alpha value is -3.27. The highest BCUT2D eigenvalue weighted by atomic mass is 19.1. The number of ether oxygens (including phenoxy) is 1. The molecule has 3 aliphatic rings. The van der Waals surface area contributed by atoms with E-state index >= 15 is 0 Å². The number of nitrogens with one attached hydrogen (secondary N) is 1. The Bertz CT molecular complexity index is 1160. The minimum absolute atomic E-state index is 0.0284. The summed E-state index contributed by atoms with van der Waals surface area (Å²) in [6.45, 7) is 1.07. The molecule has 0 radical (unpaired) electrons. The number of β-lactam (4-membered cyclic amide) rings is 1. The first-order valence-electron chi connectivity index (χ1n) is 10.2. The molecule has 2 amide bonds. The maximum Gasteiger partial charge on any atom is 0.296 e. The van der Waals surface area contributed by atoms with Crippen LogP contribution in [0.1, 0.15) is 47.6 Å². The molecule has 1 aliphatic carbocycles. The smallest absolute Gasteiger partial charge is 0.296 e. The lowest BCUT2D eigenvalue weighted by Gasteiger charge is -2.44. The van der Waals surface area contributed by atoms with Crippen LogP contribution in [0, 0.1) is 5.82 Å². The van der Waals surface area contributed by atoms with Crippen molar-refractivity contribution in [3.8, 4) is 5.75 Å². The van der Waals surface area contributed by atoms with Gasteiger partial charge in [0.2, 0.25) is 11.7 Å². The molecule has 1 aromatic heterocycles. The van der Waals surface area contributed by atoms with Crippen molar-refractivity contribution < 1.29 is 23.8 Å². The maximum atomic E-state index is 13.7. The van der Waals surface area contributed by atoms with Crippen LogP contribution >= 0.6 is 0 Å². The lowest BCUT2D eigenvalue weighted by Crippen LogP contribution is -2.49. The van der Waals surface area contributed by atoms with Gasteiger partial charge in [0.25, 0.3) is 11.5 Å². The van der Waals surface area contributed by atoms with Gasteiger partial charge in [0.1, 0.15) is 17.2 Å². The third-order valence-corrected chi connectivity index (χ3v) is 6.25. The van der Waals surface area contributed by atoms with Crippen LogP contribution < -0.4 is 15.8 Å². The Kier molecular flexibility index (Phi) is 4.54. The molecule has 9 nitrogen and oxygen atoms in total. The molecular weight excluding hydrogens is 407 g/mol. The number of anilines is 1. The number of rotatable bonds is 4. The fourth-order valence-corrected chi connectivity index (χ4v) is 4.29. The number of aromatic nitrogens is 2. The number of aromatic hydroxyl groups is 1. The molecule has 162 valence electrons. The van der Waals surface area contributed by atoms with Crippen molar-refractivity contribution in [1.82, 2.24) is 14.9 Å². The summed E-state index contributed by atoms with van der Waals surface area (Å²) in [5.41, 5.74) is -0.783. The molecule has 31 heavy (non-hydrogen) atoms. The molecular formula is C21H21FN4O5. The lowest BCUT2D eigenvalue weighted by atomic mass is 9.78. The highest BCUT2D eigenvalue weighted by Gasteiger charge is 2.46. The van der Waals surface area contributed by atoms with Crippen LogP contribution in [0.4, 0.5) is 10.1 Å². The average Bonchev–Trinajstić information content (AvgIpc) is 2.72. The fraction of sp³-hybridized carbons (Fsp3) is 0.429. The Morgan fingerprint density at radius 2 is 2.10 bits per heavy atom. The minimum atomic E-state index is -0.733. The Balaban J connectivity index is 1.42. The van der Waals surface area contributed by atoms with E-state index in [1.807, 2.05) is 0 Å². The number of halogens is 1. The normalized spacial score (nSPS) is 18.9. The summed E-state index contributed by atoms with van der Waals surface area (Å²) in [7, 11) is 0. The van der Waals surface area contributed by atoms with Crippen LogP contribution in [0.15, 0.2) is 23.0 Å². The van der Waals surface area contributed by atoms with Gasteiger partial charge in [-0.05, 0) is 37.0 Å². The first-order valence-corrected chi connectivity index (χ1v) is 10.2. The van der Waals surface area contributed by atoms with Gasteiger partial charge in [-0.25, -0.2) is 9.37 Å². The molecule has 1 spiro atoms. The third kappa shape index (κ3) is 3.09. The van der Waals surface area contributed by atoms with Crippen LogP contribution in [0.3, 0.4) is 0 Å². The van der Waals surface area contributed by atoms with E-state index in [2.05, 4.69) is 10.3 Å². The number of hydrogen-bond donors (Lipinski definition) is 2. The molecule has 10 heteroatoms. The van der Waals surface area contributed by atoms with Crippen LogP contribution in [0.25, 0.3) is 0 Å². The van der Waals surface area contributed by atoms with Crippen molar-refractivity contribution in [2.75, 3.05) is 18.1 Å². The van der Waals surface area contributed by atoms with Gasteiger partial charge < -0.3 is 20.1 Å². The Morgan fingerprint density at radius 1 is 1.29 bits per heavy atom. The molecule has 2 aliphatic heterocycles. The first-order chi connectivity index (χ1) is 14.9. The summed E-state index contributed by atoms with van der Waals surface area (Å²) < 4.78 is 20.9. The van der Waals surface area contributed by atoms with Crippen molar-refractivity contribution in [3.05, 3.63) is 51.5 Å². The van der Waals surface area contributed by atoms with Crippen molar-refractivity contribution in [2.24, 2.45) is 0 Å². The van der Waals surface area contributed by atoms with Crippen LogP contribution in [-0.2, 0) is 28.2 Å². The number of carbonyl (C=O) groups excluding carboxylic acids is 2. The van der Waals surface area contributed by atoms with Gasteiger partial charge in [0.05, 0.1) is 18.8 Å². The van der Waals surface area contributed by atoms with Gasteiger partial charge in [0, 0.05) is 19.5 Å². The molecule has 2 aromatic rings. The van der Waals surface area contributed by atoms with Crippen molar-refractivity contribution in [2.45, 2.75) is 44.4 Å². The summed E-state index contributed by atoms with van der Waals surface area (Å²) in [5, 5.41) is 13.0. The maximum absolute atomic E-state index is 13.7. The molecule has 0 bridgehead atoms. The zero-order chi connectivity index (χ0) is 21.8. The van der Waals surface area contributed by atoms with Crippen LogP contribution in [0.2, 0.25) is 0 Å². The van der Waals surface area contributed by atoms with Gasteiger partial charge in [-0.1, -0.05) is 6.07 Å². The summed E-state index contributed by atoms with van der Waals surface area (Å²) in [6, 6.07) is 3.98. The van der Waals surface area contributed by atoms with Crippen LogP contribution in [0.5, 0.6) is 5.75 Å². The number of fused-ring (bicyclic) bond motifs is 2. The molecule has 5 rings (SSSR count). The van der Waals surface area contributed by atoms with E-state index in [0.29, 0.717) is 49.5 Å². The second-order valence-electron chi connectivity index (χ2n) is 8.04. The van der Waals surface area contributed by atoms with E-state index in [0.717, 1.165) is 6.42 Å². The van der Waals surface area contributed by atoms with Gasteiger partial charge in [-0.2, -0.15) is 0 Å². The van der Waals surface area contributed by atoms with Crippen molar-refractivity contribution in [3.63, 3.8) is 0 Å². The van der Waals surface area contributed by atoms with Gasteiger partial charge in [-0.15, -0.1) is 0 Å². The zero-order valence-corrected chi connectivity index (χ0v) is 16.7. The molecule has 3 heterocycles. The lowest BCUT2D eigenvalue weighted by molar-refractivity contribution is -0.134. The van der Waals surface area contributed by atoms with E-state index in [-0.39, 0.29) is 24.7 Å². The molecule has 1 aromatic carbocycles. The van der Waals surface area contributed by atoms with Gasteiger partial charge >= 0.3 is 0 Å². The van der Waals surface area contributed by atoms with Crippen LogP contribution in [-0.4, -0.2) is 39.6 Å². The van der Waals surface area contributed by atoms with E-state index in [1.165, 1.54) is 27.7 Å². The predicted molar refractivity (Wildman–Crippen MR) is 106 cm³/mol. The van der Waals surface area contributed by atoms with E-state index in [4.69, 9.17) is 4.74 Å². The minimum Gasteiger partial charge on any atom is -0.501 e. The summed E-state index contributed by atoms with van der Waals surface area (Å²) in [4.78, 5) is 43.0. The van der Waals surface area contributed by atoms with Crippen molar-refractivity contribution in [1.29, 1.82) is 0 Å². The van der Waals surface area contributed by atoms with E-state index < -0.39 is 28.6 Å². The Morgan fingerprint density at radius 3 is 2.74 bits per heavy atom. The summed E-state index contributed by atoms with van der Waals surface area (Å²) >= 11 is 0. The molecule has 2 N–H and O–H groups in total. The second kappa shape index (κ2) is 7.16. The quantitative estimate of drug-likeness (QED) is 0.707. The van der Waals surface area contributed by atoms with Gasteiger partial charge in [0.15, 0.2) is 5.69 Å². The predicted octanol–water partition coefficient (Wildman–Crippen LogP) is 1.16. The first kappa shape index (κ1) is 19.7. The molecule has 0 unspecified atom stereocenters. The monoisotopic (exact) mass is 428 g/mol. The number of carbonyl (C=O) groups is 2. The topological polar surface area (TPSA) is 114 Å². The molecule has 2 fully saturated rings. The number of hydrogen-bond acceptors (Lipinski definition) is 6. The summed E-state index contributed by atoms with van der Waals surface area (Å²) in [5.74, 6) is -1.69. The van der Waals surface area contributed by atoms with Gasteiger partial charge in [-0.3, -0.25) is 19.0 Å². The average molecular weight is 428 g/mol. The largest absolute Gasteiger partial charge is 0.501 e. The fourth-order valence-electron chi connectivity index (χ4n) is 4.29. The molecule has 0 atom stereocenters. The summed E-state index contributed by atoms with van der Waals surface area (Å²) in [6.07, 6.45) is 2.73. The van der Waals surface area contributed by atoms with E-state index in [1.54, 1.807) is 0 Å².